The topological polar surface area (TPSA) is 173 Å². The van der Waals surface area contributed by atoms with Gasteiger partial charge in [-0.05, 0) is 79.2 Å². The molecule has 5 N–H and O–H groups in total. The molecule has 308 valence electrons. The first-order valence-electron chi connectivity index (χ1n) is 19.2. The molecule has 2 aromatic carbocycles. The number of fused-ring (bicyclic) bond motifs is 1. The standard InChI is InChI=1S/C22H23N7OS.C19H23BrN4O3S/c30-21(27-17-3-1-2-4-19(17)29-11-9-23-10-12-29)18-14-31-22(28-18)25-13-16-6-5-15-7-8-24-20(15)26-16;1-19(2,3)27-18(26)24-10-8-23(9-11-24)15-7-5-4-6-13(15)21-16(25)14-12-28-17(20)22-14/h1-8,14,23H,9-13H2,(H,24,26)(H,25,28)(H,27,30);4-7,12H,8-11H2,1-3H3,(H,21,25). The molecule has 8 rings (SSSR count). The lowest BCUT2D eigenvalue weighted by atomic mass is 10.2. The minimum atomic E-state index is -0.504. The van der Waals surface area contributed by atoms with E-state index in [1.807, 2.05) is 93.7 Å². The van der Waals surface area contributed by atoms with Crippen LogP contribution < -0.4 is 31.1 Å². The van der Waals surface area contributed by atoms with Crippen molar-refractivity contribution in [3.8, 4) is 0 Å². The molecule has 0 spiro atoms. The molecule has 0 bridgehead atoms. The third-order valence-electron chi connectivity index (χ3n) is 9.37. The predicted octanol–water partition coefficient (Wildman–Crippen LogP) is 7.51. The van der Waals surface area contributed by atoms with E-state index in [2.05, 4.69) is 66.9 Å². The maximum Gasteiger partial charge on any atom is 0.410 e. The summed E-state index contributed by atoms with van der Waals surface area (Å²) in [4.78, 5) is 60.0. The number of thiazole rings is 2. The average molecular weight is 901 g/mol. The van der Waals surface area contributed by atoms with Gasteiger partial charge in [0.25, 0.3) is 11.8 Å². The van der Waals surface area contributed by atoms with Crippen molar-refractivity contribution in [2.75, 3.05) is 78.1 Å². The zero-order valence-electron chi connectivity index (χ0n) is 33.0. The molecule has 6 heterocycles. The molecule has 15 nitrogen and oxygen atoms in total. The highest BCUT2D eigenvalue weighted by atomic mass is 79.9. The monoisotopic (exact) mass is 899 g/mol. The Kier molecular flexibility index (Phi) is 13.4. The Morgan fingerprint density at radius 1 is 0.763 bits per heavy atom. The summed E-state index contributed by atoms with van der Waals surface area (Å²) >= 11 is 6.05. The van der Waals surface area contributed by atoms with Gasteiger partial charge in [-0.1, -0.05) is 24.3 Å². The zero-order valence-corrected chi connectivity index (χ0v) is 36.2. The van der Waals surface area contributed by atoms with Gasteiger partial charge in [0.1, 0.15) is 22.6 Å². The number of nitrogens with one attached hydrogen (secondary N) is 5. The first-order valence-corrected chi connectivity index (χ1v) is 21.8. The second-order valence-electron chi connectivity index (χ2n) is 14.7. The number of pyridine rings is 1. The van der Waals surface area contributed by atoms with Gasteiger partial charge in [0.05, 0.1) is 35.0 Å². The summed E-state index contributed by atoms with van der Waals surface area (Å²) in [6.45, 7) is 12.3. The van der Waals surface area contributed by atoms with E-state index >= 15 is 0 Å². The van der Waals surface area contributed by atoms with Crippen LogP contribution in [-0.2, 0) is 11.3 Å². The molecule has 0 radical (unpaired) electrons. The fourth-order valence-electron chi connectivity index (χ4n) is 6.50. The highest BCUT2D eigenvalue weighted by molar-refractivity contribution is 9.11. The number of rotatable bonds is 9. The Morgan fingerprint density at radius 2 is 1.37 bits per heavy atom. The molecule has 59 heavy (non-hydrogen) atoms. The molecule has 3 amide bonds. The van der Waals surface area contributed by atoms with E-state index in [-0.39, 0.29) is 17.9 Å². The number of ether oxygens (including phenoxy) is 1. The van der Waals surface area contributed by atoms with Crippen LogP contribution in [0.4, 0.5) is 32.7 Å². The van der Waals surface area contributed by atoms with Crippen LogP contribution in [0, 0.1) is 0 Å². The van der Waals surface area contributed by atoms with Crippen molar-refractivity contribution in [2.24, 2.45) is 0 Å². The number of hydrogen-bond donors (Lipinski definition) is 5. The van der Waals surface area contributed by atoms with Crippen molar-refractivity contribution in [1.82, 2.24) is 30.2 Å². The second kappa shape index (κ2) is 19.0. The fourth-order valence-corrected chi connectivity index (χ4v) is 8.18. The summed E-state index contributed by atoms with van der Waals surface area (Å²) in [6, 6.07) is 21.6. The lowest BCUT2D eigenvalue weighted by Crippen LogP contribution is -2.50. The quantitative estimate of drug-likeness (QED) is 0.0973. The summed E-state index contributed by atoms with van der Waals surface area (Å²) in [5.41, 5.74) is 5.53. The Hall–Kier alpha value is -5.56. The van der Waals surface area contributed by atoms with E-state index in [9.17, 15) is 14.4 Å². The van der Waals surface area contributed by atoms with Gasteiger partial charge in [-0.3, -0.25) is 9.59 Å². The smallest absolute Gasteiger partial charge is 0.410 e. The Bertz CT molecular complexity index is 2380. The van der Waals surface area contributed by atoms with E-state index in [0.29, 0.717) is 53.2 Å². The summed E-state index contributed by atoms with van der Waals surface area (Å²) in [7, 11) is 0. The van der Waals surface area contributed by atoms with Crippen LogP contribution in [0.15, 0.2) is 87.6 Å². The molecule has 2 aliphatic heterocycles. The van der Waals surface area contributed by atoms with E-state index in [1.165, 1.54) is 22.7 Å². The lowest BCUT2D eigenvalue weighted by Gasteiger charge is -2.37. The number of halogens is 1. The van der Waals surface area contributed by atoms with Crippen molar-refractivity contribution in [3.63, 3.8) is 0 Å². The average Bonchev–Trinajstić information content (AvgIpc) is 4.02. The third-order valence-corrected chi connectivity index (χ3v) is 11.5. The van der Waals surface area contributed by atoms with Gasteiger partial charge >= 0.3 is 6.09 Å². The minimum Gasteiger partial charge on any atom is -0.444 e. The summed E-state index contributed by atoms with van der Waals surface area (Å²) < 4.78 is 6.12. The second-order valence-corrected chi connectivity index (χ2v) is 17.7. The minimum absolute atomic E-state index is 0.210. The zero-order chi connectivity index (χ0) is 41.4. The van der Waals surface area contributed by atoms with Crippen molar-refractivity contribution >= 4 is 95.4 Å². The van der Waals surface area contributed by atoms with E-state index in [1.54, 1.807) is 15.7 Å². The summed E-state index contributed by atoms with van der Waals surface area (Å²) in [6.07, 6.45) is 1.59. The van der Waals surface area contributed by atoms with E-state index < -0.39 is 5.60 Å². The van der Waals surface area contributed by atoms with Crippen LogP contribution in [0.25, 0.3) is 11.0 Å². The first kappa shape index (κ1) is 41.6. The molecule has 2 fully saturated rings. The molecular formula is C41H46BrN11O4S2. The van der Waals surface area contributed by atoms with Gasteiger partial charge in [-0.25, -0.2) is 19.7 Å². The Morgan fingerprint density at radius 3 is 2.00 bits per heavy atom. The molecule has 2 aliphatic rings. The van der Waals surface area contributed by atoms with Gasteiger partial charge < -0.3 is 45.7 Å². The maximum absolute atomic E-state index is 12.8. The molecule has 0 saturated carbocycles. The SMILES string of the molecule is CC(C)(C)OC(=O)N1CCN(c2ccccc2NC(=O)c2csc(Br)n2)CC1.O=C(Nc1ccccc1N1CCNCC1)c1csc(NCc2ccc3cc[nH]c3n2)n1. The molecule has 0 atom stereocenters. The highest BCUT2D eigenvalue weighted by Crippen LogP contribution is 2.29. The number of anilines is 5. The van der Waals surface area contributed by atoms with Crippen LogP contribution in [0.3, 0.4) is 0 Å². The number of amides is 3. The molecule has 6 aromatic rings. The molecule has 4 aromatic heterocycles. The number of hydrogen-bond acceptors (Lipinski definition) is 13. The Balaban J connectivity index is 0.000000180. The van der Waals surface area contributed by atoms with Crippen LogP contribution in [0.1, 0.15) is 47.4 Å². The van der Waals surface area contributed by atoms with Crippen molar-refractivity contribution < 1.29 is 19.1 Å². The van der Waals surface area contributed by atoms with Gasteiger partial charge in [0, 0.05) is 74.7 Å². The molecular weight excluding hydrogens is 855 g/mol. The number of carbonyl (C=O) groups excluding carboxylic acids is 3. The predicted molar refractivity (Wildman–Crippen MR) is 239 cm³/mol. The van der Waals surface area contributed by atoms with Crippen molar-refractivity contribution in [2.45, 2.75) is 32.9 Å². The van der Waals surface area contributed by atoms with Crippen LogP contribution in [-0.4, -0.2) is 101 Å². The van der Waals surface area contributed by atoms with Crippen molar-refractivity contribution in [3.05, 3.63) is 105 Å². The van der Waals surface area contributed by atoms with Crippen LogP contribution >= 0.6 is 38.6 Å². The van der Waals surface area contributed by atoms with Gasteiger partial charge in [0.15, 0.2) is 9.05 Å². The number of carbonyl (C=O) groups is 3. The van der Waals surface area contributed by atoms with Gasteiger partial charge in [-0.2, -0.15) is 0 Å². The summed E-state index contributed by atoms with van der Waals surface area (Å²) in [5, 5.41) is 17.8. The number of piperazine rings is 2. The van der Waals surface area contributed by atoms with E-state index in [4.69, 9.17) is 4.74 Å². The first-order chi connectivity index (χ1) is 28.5. The summed E-state index contributed by atoms with van der Waals surface area (Å²) in [5.74, 6) is -0.459. The van der Waals surface area contributed by atoms with Crippen LogP contribution in [0.2, 0.25) is 0 Å². The number of aromatic nitrogens is 4. The third kappa shape index (κ3) is 11.1. The normalized spacial score (nSPS) is 14.3. The molecule has 0 aliphatic carbocycles. The fraction of sp³-hybridized carbons (Fsp3) is 0.317. The molecule has 2 saturated heterocycles. The number of para-hydroxylation sites is 4. The maximum atomic E-state index is 12.8. The number of nitrogens with zero attached hydrogens (tertiary/aromatic N) is 6. The van der Waals surface area contributed by atoms with Crippen LogP contribution in [0.5, 0.6) is 0 Å². The van der Waals surface area contributed by atoms with E-state index in [0.717, 1.165) is 65.7 Å². The van der Waals surface area contributed by atoms with Crippen molar-refractivity contribution in [1.29, 1.82) is 0 Å². The number of H-pyrrole nitrogens is 1. The highest BCUT2D eigenvalue weighted by Gasteiger charge is 2.27. The molecule has 18 heteroatoms. The van der Waals surface area contributed by atoms with Gasteiger partial charge in [-0.15, -0.1) is 22.7 Å². The Labute approximate surface area is 358 Å². The molecule has 0 unspecified atom stereocenters. The number of benzene rings is 2. The van der Waals surface area contributed by atoms with Gasteiger partial charge in [0.2, 0.25) is 0 Å². The lowest BCUT2D eigenvalue weighted by molar-refractivity contribution is 0.0240. The largest absolute Gasteiger partial charge is 0.444 e. The number of aromatic amines is 1.